The molecule has 0 saturated carbocycles. The largest absolute Gasteiger partial charge is 0.497 e. The normalized spacial score (nSPS) is 19.6. The van der Waals surface area contributed by atoms with Gasteiger partial charge in [0.15, 0.2) is 11.6 Å². The minimum absolute atomic E-state index is 0.0416. The zero-order valence-electron chi connectivity index (χ0n) is 35.6. The maximum atomic E-state index is 14.6. The Kier molecular flexibility index (Phi) is 17.1. The molecule has 4 rings (SSSR count). The smallest absolute Gasteiger partial charge is 0.243 e. The average molecular weight is 864 g/mol. The number of unbranched alkanes of at least 4 members (excludes halogenated alkanes) is 1. The number of carbonyl (C=O) groups is 6. The van der Waals surface area contributed by atoms with Gasteiger partial charge in [0.05, 0.1) is 25.7 Å². The Hall–Kier alpha value is -4.48. The Balaban J connectivity index is 1.70. The lowest BCUT2D eigenvalue weighted by molar-refractivity contribution is -0.135. The number of amides is 4. The predicted octanol–water partition coefficient (Wildman–Crippen LogP) is 3.12. The van der Waals surface area contributed by atoms with Crippen molar-refractivity contribution in [2.45, 2.75) is 113 Å². The summed E-state index contributed by atoms with van der Waals surface area (Å²) in [5.41, 5.74) is 11.7. The Morgan fingerprint density at radius 2 is 1.47 bits per heavy atom. The number of nitrogens with two attached hydrogens (primary N) is 2. The molecule has 5 atom stereocenters. The van der Waals surface area contributed by atoms with Crippen LogP contribution < -0.4 is 42.8 Å². The molecule has 3 aromatic rings. The molecule has 1 aliphatic heterocycles. The molecule has 1 saturated heterocycles. The molecule has 0 aliphatic carbocycles. The molecule has 0 aromatic heterocycles. The van der Waals surface area contributed by atoms with E-state index >= 15 is 0 Å². The molecule has 14 nitrogen and oxygen atoms in total. The summed E-state index contributed by atoms with van der Waals surface area (Å²) in [7, 11) is 4.34. The van der Waals surface area contributed by atoms with Crippen LogP contribution in [0.3, 0.4) is 0 Å². The number of benzene rings is 3. The highest BCUT2D eigenvalue weighted by molar-refractivity contribution is 8.77. The summed E-state index contributed by atoms with van der Waals surface area (Å²) in [5.74, 6) is -2.17. The lowest BCUT2D eigenvalue weighted by Crippen LogP contribution is -2.63. The van der Waals surface area contributed by atoms with Gasteiger partial charge in [-0.1, -0.05) is 76.2 Å². The van der Waals surface area contributed by atoms with Crippen molar-refractivity contribution in [2.75, 3.05) is 26.7 Å². The number of hydrogen-bond acceptors (Lipinski definition) is 12. The Morgan fingerprint density at radius 1 is 0.850 bits per heavy atom. The van der Waals surface area contributed by atoms with Crippen LogP contribution in [-0.2, 0) is 41.6 Å². The minimum Gasteiger partial charge on any atom is -0.497 e. The van der Waals surface area contributed by atoms with Gasteiger partial charge in [-0.15, -0.1) is 0 Å². The van der Waals surface area contributed by atoms with E-state index in [1.807, 2.05) is 70.2 Å². The highest BCUT2D eigenvalue weighted by atomic mass is 33.1. The molecule has 1 fully saturated rings. The third kappa shape index (κ3) is 13.0. The van der Waals surface area contributed by atoms with Gasteiger partial charge in [-0.3, -0.25) is 34.1 Å². The van der Waals surface area contributed by atoms with Gasteiger partial charge < -0.3 is 37.5 Å². The summed E-state index contributed by atoms with van der Waals surface area (Å²) in [4.78, 5) is 82.3. The quantitative estimate of drug-likeness (QED) is 0.0724. The van der Waals surface area contributed by atoms with E-state index in [4.69, 9.17) is 16.2 Å². The van der Waals surface area contributed by atoms with Gasteiger partial charge in [-0.25, -0.2) is 0 Å². The fraction of sp³-hybridized carbons (Fsp3) is 0.500. The molecule has 16 heteroatoms. The summed E-state index contributed by atoms with van der Waals surface area (Å²) >= 11 is 0. The van der Waals surface area contributed by atoms with Crippen LogP contribution in [0.1, 0.15) is 71.9 Å². The maximum absolute atomic E-state index is 14.6. The van der Waals surface area contributed by atoms with Gasteiger partial charge in [-0.2, -0.15) is 0 Å². The summed E-state index contributed by atoms with van der Waals surface area (Å²) in [6, 6.07) is 16.5. The molecule has 4 amide bonds. The summed E-state index contributed by atoms with van der Waals surface area (Å²) in [6.45, 7) is 10.4. The highest BCUT2D eigenvalue weighted by Crippen LogP contribution is 2.47. The fourth-order valence-electron chi connectivity index (χ4n) is 7.14. The topological polar surface area (TPSA) is 224 Å². The molecule has 9 N–H and O–H groups in total. The molecule has 1 unspecified atom stereocenters. The average Bonchev–Trinajstić information content (AvgIpc) is 3.23. The van der Waals surface area contributed by atoms with E-state index in [0.717, 1.165) is 16.3 Å². The van der Waals surface area contributed by atoms with Crippen molar-refractivity contribution in [3.8, 4) is 5.75 Å². The van der Waals surface area contributed by atoms with E-state index in [9.17, 15) is 28.8 Å². The molecule has 3 aromatic carbocycles. The molecule has 60 heavy (non-hydrogen) atoms. The monoisotopic (exact) mass is 863 g/mol. The van der Waals surface area contributed by atoms with Gasteiger partial charge in [0.1, 0.15) is 29.9 Å². The Labute approximate surface area is 361 Å². The molecule has 0 radical (unpaired) electrons. The van der Waals surface area contributed by atoms with Crippen LogP contribution in [0.5, 0.6) is 5.75 Å². The third-order valence-electron chi connectivity index (χ3n) is 10.7. The summed E-state index contributed by atoms with van der Waals surface area (Å²) in [6.07, 6.45) is 1.61. The molecule has 0 spiro atoms. The zero-order valence-corrected chi connectivity index (χ0v) is 37.3. The van der Waals surface area contributed by atoms with Gasteiger partial charge in [-0.05, 0) is 94.5 Å². The molecular formula is C44H61N7O7S2. The van der Waals surface area contributed by atoms with E-state index in [1.165, 1.54) is 28.5 Å². The maximum Gasteiger partial charge on any atom is 0.243 e. The second-order valence-electron chi connectivity index (χ2n) is 16.5. The van der Waals surface area contributed by atoms with Crippen LogP contribution in [0.15, 0.2) is 66.7 Å². The third-order valence-corrected chi connectivity index (χ3v) is 15.0. The SMILES string of the molecule is COc1ccc(C[C@H](NC(=O)[C@H]2NCC(=O)[C@@H](NC(C)=O)C(C)(C)SSC2(C)C)C(=O)N[C@@H](Cc2ccc3ccccc3c2)C(=O)NC(C)(CCCCN)C(=O)CN)cc1. The number of ether oxygens (including phenoxy) is 1. The number of Topliss-reactive ketones (excluding diaryl/α,β-unsaturated/α-hetero) is 2. The minimum atomic E-state index is -1.32. The van der Waals surface area contributed by atoms with Crippen molar-refractivity contribution < 1.29 is 33.5 Å². The van der Waals surface area contributed by atoms with Crippen molar-refractivity contribution in [2.24, 2.45) is 11.5 Å². The number of fused-ring (bicyclic) bond motifs is 1. The van der Waals surface area contributed by atoms with Crippen LogP contribution in [0.4, 0.5) is 0 Å². The molecule has 1 heterocycles. The predicted molar refractivity (Wildman–Crippen MR) is 239 cm³/mol. The molecule has 0 bridgehead atoms. The van der Waals surface area contributed by atoms with Crippen LogP contribution in [-0.4, -0.2) is 101 Å². The van der Waals surface area contributed by atoms with Crippen LogP contribution in [0.2, 0.25) is 0 Å². The standard InChI is InChI=1S/C44H61N7O7S2/c1-27(52)48-37-35(53)26-47-38(43(4,5)60-59-42(37,2)3)41(57)50-33(23-28-15-18-32(58-7)19-16-28)39(55)49-34(24-29-14-17-30-12-8-9-13-31(30)22-29)40(56)51-44(6,36(54)25-46)20-10-11-21-45/h8-9,12-19,22,33-34,37-38,47H,10-11,20-21,23-26,45-46H2,1-7H3,(H,48,52)(H,49,55)(H,50,57)(H,51,56)/t33-,34-,37+,38+,44?/m0/s1. The van der Waals surface area contributed by atoms with Crippen molar-refractivity contribution in [3.05, 3.63) is 77.9 Å². The first-order valence-corrected chi connectivity index (χ1v) is 22.3. The number of methoxy groups -OCH3 is 1. The lowest BCUT2D eigenvalue weighted by atomic mass is 9.89. The van der Waals surface area contributed by atoms with Gasteiger partial charge in [0.2, 0.25) is 23.6 Å². The van der Waals surface area contributed by atoms with E-state index in [-0.39, 0.29) is 43.4 Å². The number of nitrogens with one attached hydrogen (secondary N) is 5. The van der Waals surface area contributed by atoms with Gasteiger partial charge in [0.25, 0.3) is 0 Å². The molecule has 326 valence electrons. The second-order valence-corrected chi connectivity index (χ2v) is 20.0. The first kappa shape index (κ1) is 48.2. The van der Waals surface area contributed by atoms with Crippen LogP contribution in [0.25, 0.3) is 10.8 Å². The number of ketones is 2. The Morgan fingerprint density at radius 3 is 2.10 bits per heavy atom. The van der Waals surface area contributed by atoms with Crippen molar-refractivity contribution in [1.29, 1.82) is 0 Å². The number of hydrogen-bond donors (Lipinski definition) is 7. The number of carbonyl (C=O) groups excluding carboxylic acids is 6. The van der Waals surface area contributed by atoms with Gasteiger partial charge >= 0.3 is 0 Å². The fourth-order valence-corrected chi connectivity index (χ4v) is 10.0. The van der Waals surface area contributed by atoms with Crippen molar-refractivity contribution >= 4 is 67.6 Å². The van der Waals surface area contributed by atoms with E-state index in [0.29, 0.717) is 37.1 Å². The molecular weight excluding hydrogens is 803 g/mol. The van der Waals surface area contributed by atoms with E-state index in [2.05, 4.69) is 26.6 Å². The van der Waals surface area contributed by atoms with Crippen molar-refractivity contribution in [3.63, 3.8) is 0 Å². The van der Waals surface area contributed by atoms with Crippen molar-refractivity contribution in [1.82, 2.24) is 26.6 Å². The lowest BCUT2D eigenvalue weighted by Gasteiger charge is -2.36. The summed E-state index contributed by atoms with van der Waals surface area (Å²) in [5, 5.41) is 16.6. The first-order chi connectivity index (χ1) is 28.3. The molecule has 1 aliphatic rings. The first-order valence-electron chi connectivity index (χ1n) is 20.2. The van der Waals surface area contributed by atoms with Gasteiger partial charge in [0, 0.05) is 29.3 Å². The highest BCUT2D eigenvalue weighted by Gasteiger charge is 2.45. The van der Waals surface area contributed by atoms with Crippen LogP contribution in [0, 0.1) is 0 Å². The van der Waals surface area contributed by atoms with E-state index < -0.39 is 56.9 Å². The number of rotatable bonds is 18. The summed E-state index contributed by atoms with van der Waals surface area (Å²) < 4.78 is 3.80. The zero-order chi connectivity index (χ0) is 44.3. The van der Waals surface area contributed by atoms with Crippen LogP contribution >= 0.6 is 21.6 Å². The van der Waals surface area contributed by atoms with E-state index in [1.54, 1.807) is 38.3 Å². The Bertz CT molecular complexity index is 2010. The second kappa shape index (κ2) is 21.4.